The SMILES string of the molecule is C[C@H](NC(=O)CN1C(=O)[C@@H]2[C@H]3C=C[C@@H]([C@@H]4C[C@H]34)[C@H]2C1=O)c1ccccc1. The van der Waals surface area contributed by atoms with Crippen LogP contribution >= 0.6 is 0 Å². The zero-order valence-electron chi connectivity index (χ0n) is 14.7. The Labute approximate surface area is 152 Å². The van der Waals surface area contributed by atoms with Crippen molar-refractivity contribution in [3.8, 4) is 0 Å². The molecular weight excluding hydrogens is 328 g/mol. The van der Waals surface area contributed by atoms with Gasteiger partial charge in [0.1, 0.15) is 6.54 Å². The second kappa shape index (κ2) is 5.53. The lowest BCUT2D eigenvalue weighted by Gasteiger charge is -2.37. The van der Waals surface area contributed by atoms with E-state index >= 15 is 0 Å². The fraction of sp³-hybridized carbons (Fsp3) is 0.476. The summed E-state index contributed by atoms with van der Waals surface area (Å²) >= 11 is 0. The van der Waals surface area contributed by atoms with Gasteiger partial charge in [0.05, 0.1) is 17.9 Å². The van der Waals surface area contributed by atoms with Gasteiger partial charge in [-0.1, -0.05) is 42.5 Å². The van der Waals surface area contributed by atoms with E-state index in [2.05, 4.69) is 17.5 Å². The highest BCUT2D eigenvalue weighted by molar-refractivity contribution is 6.08. The Balaban J connectivity index is 1.29. The van der Waals surface area contributed by atoms with Gasteiger partial charge in [-0.15, -0.1) is 0 Å². The molecule has 4 aliphatic carbocycles. The molecule has 5 aliphatic rings. The summed E-state index contributed by atoms with van der Waals surface area (Å²) in [5.41, 5.74) is 0.996. The lowest BCUT2D eigenvalue weighted by Crippen LogP contribution is -2.42. The van der Waals surface area contributed by atoms with Crippen LogP contribution in [-0.4, -0.2) is 29.2 Å². The minimum Gasteiger partial charge on any atom is -0.348 e. The molecule has 3 fully saturated rings. The molecule has 3 amide bonds. The molecule has 2 saturated carbocycles. The molecule has 0 spiro atoms. The van der Waals surface area contributed by atoms with Gasteiger partial charge in [0.2, 0.25) is 17.7 Å². The number of nitrogens with zero attached hydrogens (tertiary/aromatic N) is 1. The van der Waals surface area contributed by atoms with Crippen LogP contribution in [0.2, 0.25) is 0 Å². The number of benzene rings is 1. The van der Waals surface area contributed by atoms with Crippen molar-refractivity contribution in [1.82, 2.24) is 10.2 Å². The van der Waals surface area contributed by atoms with E-state index in [1.54, 1.807) is 0 Å². The maximum Gasteiger partial charge on any atom is 0.240 e. The zero-order valence-corrected chi connectivity index (χ0v) is 14.7. The van der Waals surface area contributed by atoms with Gasteiger partial charge < -0.3 is 5.32 Å². The van der Waals surface area contributed by atoms with Crippen LogP contribution in [0.25, 0.3) is 0 Å². The van der Waals surface area contributed by atoms with Crippen molar-refractivity contribution in [2.45, 2.75) is 19.4 Å². The molecule has 5 heteroatoms. The Morgan fingerprint density at radius 1 is 1.08 bits per heavy atom. The first-order chi connectivity index (χ1) is 12.6. The van der Waals surface area contributed by atoms with Gasteiger partial charge in [0.15, 0.2) is 0 Å². The summed E-state index contributed by atoms with van der Waals surface area (Å²) in [6.07, 6.45) is 5.43. The maximum atomic E-state index is 12.9. The molecule has 5 nitrogen and oxygen atoms in total. The molecule has 0 radical (unpaired) electrons. The van der Waals surface area contributed by atoms with Gasteiger partial charge >= 0.3 is 0 Å². The van der Waals surface area contributed by atoms with Crippen LogP contribution < -0.4 is 5.32 Å². The fourth-order valence-electron chi connectivity index (χ4n) is 5.43. The number of rotatable bonds is 4. The third kappa shape index (κ3) is 2.19. The predicted molar refractivity (Wildman–Crippen MR) is 94.4 cm³/mol. The Morgan fingerprint density at radius 3 is 2.23 bits per heavy atom. The van der Waals surface area contributed by atoms with Crippen LogP contribution in [0.3, 0.4) is 0 Å². The van der Waals surface area contributed by atoms with E-state index in [0.29, 0.717) is 11.8 Å². The summed E-state index contributed by atoms with van der Waals surface area (Å²) in [5, 5.41) is 2.90. The number of hydrogen-bond donors (Lipinski definition) is 1. The second-order valence-electron chi connectivity index (χ2n) is 8.12. The molecule has 0 aromatic heterocycles. The van der Waals surface area contributed by atoms with Gasteiger partial charge in [-0.05, 0) is 42.6 Å². The number of allylic oxidation sites excluding steroid dienone is 2. The highest BCUT2D eigenvalue weighted by Gasteiger charge is 2.67. The summed E-state index contributed by atoms with van der Waals surface area (Å²) in [7, 11) is 0. The molecule has 26 heavy (non-hydrogen) atoms. The Bertz CT molecular complexity index is 782. The maximum absolute atomic E-state index is 12.9. The average Bonchev–Trinajstić information content (AvgIpc) is 3.43. The van der Waals surface area contributed by atoms with Crippen molar-refractivity contribution in [3.63, 3.8) is 0 Å². The number of carbonyl (C=O) groups is 3. The van der Waals surface area contributed by atoms with Crippen molar-refractivity contribution in [1.29, 1.82) is 0 Å². The number of hydrogen-bond acceptors (Lipinski definition) is 3. The molecule has 1 heterocycles. The zero-order chi connectivity index (χ0) is 18.0. The van der Waals surface area contributed by atoms with Gasteiger partial charge in [-0.25, -0.2) is 0 Å². The standard InChI is InChI=1S/C21H22N2O3/c1-11(12-5-3-2-4-6-12)22-17(24)10-23-20(25)18-13-7-8-14(16-9-15(13)16)19(18)21(23)26/h2-8,11,13-16,18-19H,9-10H2,1H3,(H,22,24)/t11-,13-,14-,15-,16+,18+,19+/m0/s1. The molecule has 1 aromatic carbocycles. The Hall–Kier alpha value is -2.43. The lowest BCUT2D eigenvalue weighted by molar-refractivity contribution is -0.144. The Morgan fingerprint density at radius 2 is 1.65 bits per heavy atom. The summed E-state index contributed by atoms with van der Waals surface area (Å²) in [5.74, 6) is 0.503. The van der Waals surface area contributed by atoms with E-state index in [9.17, 15) is 14.4 Å². The first kappa shape index (κ1) is 15.8. The monoisotopic (exact) mass is 350 g/mol. The summed E-state index contributed by atoms with van der Waals surface area (Å²) in [6, 6.07) is 9.50. The summed E-state index contributed by atoms with van der Waals surface area (Å²) in [6.45, 7) is 1.73. The molecule has 2 bridgehead atoms. The normalized spacial score (nSPS) is 37.3. The number of likely N-dealkylation sites (tertiary alicyclic amines) is 1. The van der Waals surface area contributed by atoms with Gasteiger partial charge in [0, 0.05) is 0 Å². The number of imide groups is 1. The minimum absolute atomic E-state index is 0.146. The first-order valence-corrected chi connectivity index (χ1v) is 9.44. The van der Waals surface area contributed by atoms with Crippen molar-refractivity contribution in [2.75, 3.05) is 6.54 Å². The van der Waals surface area contributed by atoms with E-state index < -0.39 is 0 Å². The second-order valence-corrected chi connectivity index (χ2v) is 8.12. The molecule has 134 valence electrons. The van der Waals surface area contributed by atoms with Crippen LogP contribution in [0.15, 0.2) is 42.5 Å². The van der Waals surface area contributed by atoms with Gasteiger partial charge in [-0.2, -0.15) is 0 Å². The van der Waals surface area contributed by atoms with Crippen LogP contribution in [0.4, 0.5) is 0 Å². The van der Waals surface area contributed by atoms with Crippen LogP contribution in [0.5, 0.6) is 0 Å². The molecular formula is C21H22N2O3. The smallest absolute Gasteiger partial charge is 0.240 e. The lowest BCUT2D eigenvalue weighted by atomic mass is 9.63. The van der Waals surface area contributed by atoms with E-state index in [-0.39, 0.29) is 54.0 Å². The molecule has 1 aromatic rings. The van der Waals surface area contributed by atoms with Gasteiger partial charge in [0.25, 0.3) is 0 Å². The molecule has 6 rings (SSSR count). The minimum atomic E-state index is -0.285. The van der Waals surface area contributed by atoms with Crippen molar-refractivity contribution < 1.29 is 14.4 Å². The summed E-state index contributed by atoms with van der Waals surface area (Å²) in [4.78, 5) is 39.4. The van der Waals surface area contributed by atoms with E-state index in [1.807, 2.05) is 37.3 Å². The third-order valence-corrected chi connectivity index (χ3v) is 6.73. The van der Waals surface area contributed by atoms with Crippen LogP contribution in [0, 0.1) is 35.5 Å². The quantitative estimate of drug-likeness (QED) is 0.666. The highest BCUT2D eigenvalue weighted by Crippen LogP contribution is 2.65. The van der Waals surface area contributed by atoms with Crippen LogP contribution in [-0.2, 0) is 14.4 Å². The molecule has 0 unspecified atom stereocenters. The number of amides is 3. The largest absolute Gasteiger partial charge is 0.348 e. The predicted octanol–water partition coefficient (Wildman–Crippen LogP) is 1.92. The number of carbonyl (C=O) groups excluding carboxylic acids is 3. The van der Waals surface area contributed by atoms with Crippen molar-refractivity contribution in [2.24, 2.45) is 35.5 Å². The third-order valence-electron chi connectivity index (χ3n) is 6.73. The fourth-order valence-corrected chi connectivity index (χ4v) is 5.43. The topological polar surface area (TPSA) is 66.5 Å². The first-order valence-electron chi connectivity index (χ1n) is 9.44. The van der Waals surface area contributed by atoms with E-state index in [1.165, 1.54) is 4.90 Å². The van der Waals surface area contributed by atoms with E-state index in [4.69, 9.17) is 0 Å². The average molecular weight is 350 g/mol. The molecule has 1 aliphatic heterocycles. The molecule has 1 saturated heterocycles. The Kier molecular flexibility index (Phi) is 3.36. The highest BCUT2D eigenvalue weighted by atomic mass is 16.2. The van der Waals surface area contributed by atoms with Gasteiger partial charge in [-0.3, -0.25) is 19.3 Å². The summed E-state index contributed by atoms with van der Waals surface area (Å²) < 4.78 is 0. The van der Waals surface area contributed by atoms with Crippen molar-refractivity contribution in [3.05, 3.63) is 48.0 Å². The van der Waals surface area contributed by atoms with E-state index in [0.717, 1.165) is 12.0 Å². The number of nitrogens with one attached hydrogen (secondary N) is 1. The van der Waals surface area contributed by atoms with Crippen molar-refractivity contribution >= 4 is 17.7 Å². The molecule has 7 atom stereocenters. The van der Waals surface area contributed by atoms with Crippen LogP contribution in [0.1, 0.15) is 24.9 Å². The molecule has 1 N–H and O–H groups in total.